The molecule has 4 N–H and O–H groups in total. The van der Waals surface area contributed by atoms with Crippen molar-refractivity contribution in [3.8, 4) is 5.75 Å². The summed E-state index contributed by atoms with van der Waals surface area (Å²) in [6, 6.07) is 11.5. The highest BCUT2D eigenvalue weighted by molar-refractivity contribution is 7.21. The van der Waals surface area contributed by atoms with Crippen LogP contribution in [0.1, 0.15) is 40.2 Å². The molecule has 2 saturated heterocycles. The Hall–Kier alpha value is -2.84. The maximum absolute atomic E-state index is 13.0. The highest BCUT2D eigenvalue weighted by Crippen LogP contribution is 2.34. The molecule has 172 valence electrons. The Balaban J connectivity index is 1.15. The molecule has 0 radical (unpaired) electrons. The van der Waals surface area contributed by atoms with Gasteiger partial charge in [-0.05, 0) is 49.9 Å². The number of pyridine rings is 1. The van der Waals surface area contributed by atoms with Crippen molar-refractivity contribution in [1.82, 2.24) is 15.6 Å². The van der Waals surface area contributed by atoms with Crippen molar-refractivity contribution in [2.75, 3.05) is 30.3 Å². The highest BCUT2D eigenvalue weighted by atomic mass is 32.1. The van der Waals surface area contributed by atoms with E-state index in [0.29, 0.717) is 29.3 Å². The van der Waals surface area contributed by atoms with Crippen molar-refractivity contribution in [3.05, 3.63) is 46.5 Å². The number of nitrogens with two attached hydrogens (primary N) is 1. The van der Waals surface area contributed by atoms with Gasteiger partial charge >= 0.3 is 0 Å². The van der Waals surface area contributed by atoms with Gasteiger partial charge in [0.1, 0.15) is 22.1 Å². The number of carbonyl (C=O) groups is 1. The van der Waals surface area contributed by atoms with Crippen molar-refractivity contribution >= 4 is 38.8 Å². The molecule has 3 aliphatic rings. The average molecular weight is 464 g/mol. The lowest BCUT2D eigenvalue weighted by Gasteiger charge is -2.43. The number of anilines is 2. The number of hydrogen-bond acceptors (Lipinski definition) is 7. The smallest absolute Gasteiger partial charge is 0.263 e. The first-order valence-electron chi connectivity index (χ1n) is 11.8. The minimum Gasteiger partial charge on any atom is -0.491 e. The molecule has 2 unspecified atom stereocenters. The zero-order valence-electron chi connectivity index (χ0n) is 18.8. The number of piperazine rings is 1. The molecule has 1 aromatic carbocycles. The van der Waals surface area contributed by atoms with E-state index >= 15 is 0 Å². The Bertz CT molecular complexity index is 1210. The van der Waals surface area contributed by atoms with Crippen LogP contribution in [0.3, 0.4) is 0 Å². The van der Waals surface area contributed by atoms with E-state index in [9.17, 15) is 4.79 Å². The second kappa shape index (κ2) is 8.18. The standard InChI is InChI=1S/C25H29N5O2S/c1-14-5-8-20-22(26)23(33-25(20)27-14)24(31)29-18-9-15-6-7-19(10-21(15)32-13-18)30-11-16-3-2-4-17(12-30)28-16/h5-8,10,16-18,28H,2-4,9,11-13,26H2,1H3,(H,29,31)/t16?,17?,18-/m1/s1. The molecule has 3 atom stereocenters. The molecule has 0 saturated carbocycles. The molecule has 7 nitrogen and oxygen atoms in total. The first-order valence-corrected chi connectivity index (χ1v) is 12.6. The van der Waals surface area contributed by atoms with Gasteiger partial charge in [0.2, 0.25) is 0 Å². The summed E-state index contributed by atoms with van der Waals surface area (Å²) in [5.41, 5.74) is 10.0. The van der Waals surface area contributed by atoms with Crippen LogP contribution in [0.4, 0.5) is 11.4 Å². The number of nitrogens with one attached hydrogen (secondary N) is 2. The molecule has 0 aliphatic carbocycles. The Kier molecular flexibility index (Phi) is 5.14. The normalized spacial score (nSPS) is 24.3. The Morgan fingerprint density at radius 3 is 2.88 bits per heavy atom. The third kappa shape index (κ3) is 3.91. The fourth-order valence-electron chi connectivity index (χ4n) is 5.38. The first kappa shape index (κ1) is 20.7. The number of amides is 1. The lowest BCUT2D eigenvalue weighted by molar-refractivity contribution is 0.0920. The summed E-state index contributed by atoms with van der Waals surface area (Å²) in [4.78, 5) is 21.3. The van der Waals surface area contributed by atoms with E-state index in [4.69, 9.17) is 10.5 Å². The molecule has 3 aliphatic heterocycles. The lowest BCUT2D eigenvalue weighted by atomic mass is 9.93. The summed E-state index contributed by atoms with van der Waals surface area (Å²) in [6.45, 7) is 4.50. The number of thiophene rings is 1. The fourth-order valence-corrected chi connectivity index (χ4v) is 6.42. The second-order valence-electron chi connectivity index (χ2n) is 9.52. The molecule has 2 bridgehead atoms. The zero-order valence-corrected chi connectivity index (χ0v) is 19.6. The quantitative estimate of drug-likeness (QED) is 0.552. The zero-order chi connectivity index (χ0) is 22.5. The number of aryl methyl sites for hydroxylation is 1. The van der Waals surface area contributed by atoms with Gasteiger partial charge in [-0.25, -0.2) is 4.98 Å². The van der Waals surface area contributed by atoms with Gasteiger partial charge in [0, 0.05) is 48.0 Å². The van der Waals surface area contributed by atoms with Crippen LogP contribution >= 0.6 is 11.3 Å². The van der Waals surface area contributed by atoms with Crippen molar-refractivity contribution in [3.63, 3.8) is 0 Å². The summed E-state index contributed by atoms with van der Waals surface area (Å²) in [5, 5.41) is 7.70. The Morgan fingerprint density at radius 2 is 2.06 bits per heavy atom. The summed E-state index contributed by atoms with van der Waals surface area (Å²) < 4.78 is 6.11. The van der Waals surface area contributed by atoms with Gasteiger partial charge in [0.25, 0.3) is 5.91 Å². The topological polar surface area (TPSA) is 92.5 Å². The van der Waals surface area contributed by atoms with E-state index in [0.717, 1.165) is 46.7 Å². The van der Waals surface area contributed by atoms with Crippen LogP contribution in [0.2, 0.25) is 0 Å². The summed E-state index contributed by atoms with van der Waals surface area (Å²) in [5.74, 6) is 0.775. The molecular formula is C25H29N5O2S. The second-order valence-corrected chi connectivity index (χ2v) is 10.5. The average Bonchev–Trinajstić information content (AvgIpc) is 3.14. The van der Waals surface area contributed by atoms with E-state index < -0.39 is 0 Å². The van der Waals surface area contributed by atoms with Gasteiger partial charge < -0.3 is 26.0 Å². The van der Waals surface area contributed by atoms with Gasteiger partial charge in [-0.2, -0.15) is 0 Å². The van der Waals surface area contributed by atoms with Crippen LogP contribution < -0.4 is 26.0 Å². The molecule has 8 heteroatoms. The number of rotatable bonds is 3. The maximum Gasteiger partial charge on any atom is 0.263 e. The molecule has 5 heterocycles. The number of nitrogen functional groups attached to an aromatic ring is 1. The molecule has 2 fully saturated rings. The van der Waals surface area contributed by atoms with E-state index in [2.05, 4.69) is 38.7 Å². The number of ether oxygens (including phenoxy) is 1. The summed E-state index contributed by atoms with van der Waals surface area (Å²) >= 11 is 1.35. The Morgan fingerprint density at radius 1 is 1.24 bits per heavy atom. The van der Waals surface area contributed by atoms with Crippen LogP contribution in [-0.2, 0) is 6.42 Å². The maximum atomic E-state index is 13.0. The predicted molar refractivity (Wildman–Crippen MR) is 132 cm³/mol. The van der Waals surface area contributed by atoms with Gasteiger partial charge in [-0.15, -0.1) is 11.3 Å². The van der Waals surface area contributed by atoms with Crippen LogP contribution in [-0.4, -0.2) is 48.7 Å². The molecule has 2 aromatic heterocycles. The van der Waals surface area contributed by atoms with E-state index in [1.54, 1.807) is 0 Å². The number of nitrogens with zero attached hydrogens (tertiary/aromatic N) is 2. The number of piperidine rings is 1. The number of hydrogen-bond donors (Lipinski definition) is 3. The van der Waals surface area contributed by atoms with E-state index in [1.165, 1.54) is 36.3 Å². The largest absolute Gasteiger partial charge is 0.491 e. The predicted octanol–water partition coefficient (Wildman–Crippen LogP) is 3.25. The highest BCUT2D eigenvalue weighted by Gasteiger charge is 2.31. The van der Waals surface area contributed by atoms with E-state index in [1.807, 2.05) is 19.1 Å². The molecule has 1 amide bonds. The van der Waals surface area contributed by atoms with Crippen molar-refractivity contribution in [1.29, 1.82) is 0 Å². The molecule has 3 aromatic rings. The first-order chi connectivity index (χ1) is 16.0. The third-order valence-corrected chi connectivity index (χ3v) is 8.17. The van der Waals surface area contributed by atoms with Gasteiger partial charge in [-0.1, -0.05) is 12.5 Å². The lowest BCUT2D eigenvalue weighted by Crippen LogP contribution is -2.58. The molecular weight excluding hydrogens is 434 g/mol. The number of carbonyl (C=O) groups excluding carboxylic acids is 1. The summed E-state index contributed by atoms with van der Waals surface area (Å²) in [7, 11) is 0. The molecule has 0 spiro atoms. The van der Waals surface area contributed by atoms with Gasteiger partial charge in [0.15, 0.2) is 0 Å². The van der Waals surface area contributed by atoms with Gasteiger partial charge in [0.05, 0.1) is 11.7 Å². The molecule has 6 rings (SSSR count). The number of fused-ring (bicyclic) bond motifs is 4. The minimum atomic E-state index is -0.158. The number of benzene rings is 1. The summed E-state index contributed by atoms with van der Waals surface area (Å²) in [6.07, 6.45) is 4.60. The SMILES string of the molecule is Cc1ccc2c(N)c(C(=O)N[C@H]3COc4cc(N5CC6CCCC(C5)N6)ccc4C3)sc2n1. The minimum absolute atomic E-state index is 0.0892. The van der Waals surface area contributed by atoms with E-state index in [-0.39, 0.29) is 11.9 Å². The van der Waals surface area contributed by atoms with Gasteiger partial charge in [-0.3, -0.25) is 4.79 Å². The van der Waals surface area contributed by atoms with Crippen molar-refractivity contribution < 1.29 is 9.53 Å². The van der Waals surface area contributed by atoms with Crippen molar-refractivity contribution in [2.24, 2.45) is 0 Å². The van der Waals surface area contributed by atoms with Crippen LogP contribution in [0.5, 0.6) is 5.75 Å². The Labute approximate surface area is 197 Å². The third-order valence-electron chi connectivity index (χ3n) is 7.05. The van der Waals surface area contributed by atoms with Crippen LogP contribution in [0, 0.1) is 6.92 Å². The fraction of sp³-hybridized carbons (Fsp3) is 0.440. The van der Waals surface area contributed by atoms with Crippen LogP contribution in [0.15, 0.2) is 30.3 Å². The monoisotopic (exact) mass is 463 g/mol. The van der Waals surface area contributed by atoms with Crippen LogP contribution in [0.25, 0.3) is 10.2 Å². The van der Waals surface area contributed by atoms with Crippen molar-refractivity contribution in [2.45, 2.75) is 50.7 Å². The number of aromatic nitrogens is 1. The molecule has 33 heavy (non-hydrogen) atoms.